The lowest BCUT2D eigenvalue weighted by atomic mass is 10.2. The van der Waals surface area contributed by atoms with Gasteiger partial charge < -0.3 is 0 Å². The maximum atomic E-state index is 12.5. The minimum atomic E-state index is -4.26. The Kier molecular flexibility index (Phi) is 6.10. The van der Waals surface area contributed by atoms with Crippen molar-refractivity contribution in [1.29, 1.82) is 0 Å². The number of amidine groups is 1. The summed E-state index contributed by atoms with van der Waals surface area (Å²) in [7, 11) is -2.94. The first-order valence-corrected chi connectivity index (χ1v) is 10.8. The molecule has 2 aromatic carbocycles. The smallest absolute Gasteiger partial charge is 0.284 e. The van der Waals surface area contributed by atoms with Crippen molar-refractivity contribution in [2.45, 2.75) is 4.90 Å². The standard InChI is InChI=1S/C17H11ClN4O7S2/c1-20-16(23)15(9-10-8-12(22(26)27)4-7-14(10)18)30-17(20)19-31(28,29)13-5-2-11(3-6-13)21(24)25/h2-9H,1H3/b15-9+,19-17?. The highest BCUT2D eigenvalue weighted by molar-refractivity contribution is 8.19. The molecule has 160 valence electrons. The topological polar surface area (TPSA) is 153 Å². The molecule has 1 aliphatic heterocycles. The van der Waals surface area contributed by atoms with Crippen LogP contribution in [0.1, 0.15) is 5.56 Å². The summed E-state index contributed by atoms with van der Waals surface area (Å²) in [4.78, 5) is 33.7. The predicted octanol–water partition coefficient (Wildman–Crippen LogP) is 3.45. The van der Waals surface area contributed by atoms with Crippen LogP contribution in [0.15, 0.2) is 56.7 Å². The summed E-state index contributed by atoms with van der Waals surface area (Å²) in [6.07, 6.45) is 1.31. The SMILES string of the molecule is CN1C(=O)/C(=C\c2cc([N+](=O)[O-])ccc2Cl)SC1=NS(=O)(=O)c1ccc([N+](=O)[O-])cc1. The van der Waals surface area contributed by atoms with Gasteiger partial charge in [-0.3, -0.25) is 29.9 Å². The molecule has 11 nitrogen and oxygen atoms in total. The van der Waals surface area contributed by atoms with E-state index >= 15 is 0 Å². The van der Waals surface area contributed by atoms with E-state index in [1.165, 1.54) is 31.3 Å². The fraction of sp³-hybridized carbons (Fsp3) is 0.0588. The van der Waals surface area contributed by atoms with E-state index in [1.807, 2.05) is 0 Å². The highest BCUT2D eigenvalue weighted by Crippen LogP contribution is 2.34. The molecular weight excluding hydrogens is 472 g/mol. The van der Waals surface area contributed by atoms with Crippen molar-refractivity contribution in [3.8, 4) is 0 Å². The number of hydrogen-bond donors (Lipinski definition) is 0. The zero-order valence-corrected chi connectivity index (χ0v) is 17.8. The van der Waals surface area contributed by atoms with Crippen LogP contribution in [0.5, 0.6) is 0 Å². The Labute approximate surface area is 184 Å². The molecule has 0 spiro atoms. The quantitative estimate of drug-likeness (QED) is 0.356. The molecule has 0 aromatic heterocycles. The van der Waals surface area contributed by atoms with E-state index in [1.54, 1.807) is 0 Å². The van der Waals surface area contributed by atoms with E-state index in [0.29, 0.717) is 0 Å². The normalized spacial score (nSPS) is 16.8. The number of likely N-dealkylation sites (N-methyl/N-ethyl adjacent to an activating group) is 1. The van der Waals surface area contributed by atoms with Gasteiger partial charge in [0.25, 0.3) is 27.3 Å². The van der Waals surface area contributed by atoms with Gasteiger partial charge in [-0.15, -0.1) is 4.40 Å². The van der Waals surface area contributed by atoms with Crippen molar-refractivity contribution in [1.82, 2.24) is 4.90 Å². The molecule has 1 heterocycles. The summed E-state index contributed by atoms with van der Waals surface area (Å²) in [5.74, 6) is -0.578. The Morgan fingerprint density at radius 1 is 1.06 bits per heavy atom. The molecule has 0 N–H and O–H groups in total. The molecule has 0 aliphatic carbocycles. The minimum absolute atomic E-state index is 0.0579. The van der Waals surface area contributed by atoms with Gasteiger partial charge >= 0.3 is 0 Å². The van der Waals surface area contributed by atoms with Gasteiger partial charge in [0, 0.05) is 41.9 Å². The van der Waals surface area contributed by atoms with Crippen molar-refractivity contribution < 1.29 is 23.1 Å². The third-order valence-corrected chi connectivity index (χ3v) is 6.83. The number of rotatable bonds is 5. The van der Waals surface area contributed by atoms with Crippen LogP contribution < -0.4 is 0 Å². The van der Waals surface area contributed by atoms with E-state index in [9.17, 15) is 33.4 Å². The van der Waals surface area contributed by atoms with Crippen LogP contribution in [0.25, 0.3) is 6.08 Å². The number of sulfonamides is 1. The van der Waals surface area contributed by atoms with Gasteiger partial charge in [-0.1, -0.05) is 11.6 Å². The van der Waals surface area contributed by atoms with E-state index < -0.39 is 25.8 Å². The van der Waals surface area contributed by atoms with Crippen LogP contribution in [0, 0.1) is 20.2 Å². The molecule has 1 fully saturated rings. The number of nitrogens with zero attached hydrogens (tertiary/aromatic N) is 4. The number of thioether (sulfide) groups is 1. The zero-order valence-electron chi connectivity index (χ0n) is 15.5. The van der Waals surface area contributed by atoms with E-state index in [0.717, 1.165) is 40.9 Å². The summed E-state index contributed by atoms with van der Waals surface area (Å²) >= 11 is 6.79. The summed E-state index contributed by atoms with van der Waals surface area (Å²) < 4.78 is 28.7. The molecule has 0 saturated carbocycles. The Balaban J connectivity index is 1.95. The maximum absolute atomic E-state index is 12.5. The summed E-state index contributed by atoms with van der Waals surface area (Å²) in [5, 5.41) is 21.7. The van der Waals surface area contributed by atoms with Gasteiger partial charge in [-0.2, -0.15) is 8.42 Å². The fourth-order valence-corrected chi connectivity index (χ4v) is 4.78. The largest absolute Gasteiger partial charge is 0.289 e. The summed E-state index contributed by atoms with van der Waals surface area (Å²) in [6, 6.07) is 7.85. The number of carbonyl (C=O) groups is 1. The number of hydrogen-bond acceptors (Lipinski definition) is 8. The van der Waals surface area contributed by atoms with Gasteiger partial charge in [-0.05, 0) is 36.0 Å². The van der Waals surface area contributed by atoms with E-state index in [-0.39, 0.29) is 36.9 Å². The predicted molar refractivity (Wildman–Crippen MR) is 114 cm³/mol. The van der Waals surface area contributed by atoms with Gasteiger partial charge in [0.2, 0.25) is 0 Å². The summed E-state index contributed by atoms with van der Waals surface area (Å²) in [6.45, 7) is 0. The van der Waals surface area contributed by atoms with Crippen molar-refractivity contribution in [2.24, 2.45) is 4.40 Å². The molecule has 1 aliphatic rings. The number of halogens is 1. The molecule has 0 unspecified atom stereocenters. The fourth-order valence-electron chi connectivity index (χ4n) is 2.43. The summed E-state index contributed by atoms with van der Waals surface area (Å²) in [5.41, 5.74) is -0.303. The van der Waals surface area contributed by atoms with Gasteiger partial charge in [0.05, 0.1) is 19.6 Å². The Hall–Kier alpha value is -3.29. The average molecular weight is 483 g/mol. The molecule has 1 amide bonds. The third kappa shape index (κ3) is 4.73. The Morgan fingerprint density at radius 3 is 2.23 bits per heavy atom. The van der Waals surface area contributed by atoms with Crippen molar-refractivity contribution in [3.63, 3.8) is 0 Å². The number of non-ortho nitro benzene ring substituents is 2. The molecule has 14 heteroatoms. The maximum Gasteiger partial charge on any atom is 0.284 e. The van der Waals surface area contributed by atoms with E-state index in [2.05, 4.69) is 4.40 Å². The van der Waals surface area contributed by atoms with Crippen LogP contribution in [-0.4, -0.2) is 41.3 Å². The van der Waals surface area contributed by atoms with Crippen LogP contribution in [0.4, 0.5) is 11.4 Å². The molecule has 0 bridgehead atoms. The molecule has 0 radical (unpaired) electrons. The Bertz CT molecular complexity index is 1270. The molecule has 0 atom stereocenters. The lowest BCUT2D eigenvalue weighted by Gasteiger charge is -2.07. The van der Waals surface area contributed by atoms with Crippen molar-refractivity contribution >= 4 is 61.9 Å². The second kappa shape index (κ2) is 8.45. The average Bonchev–Trinajstić information content (AvgIpc) is 2.96. The molecule has 3 rings (SSSR count). The van der Waals surface area contributed by atoms with Crippen LogP contribution in [0.2, 0.25) is 5.02 Å². The van der Waals surface area contributed by atoms with Crippen molar-refractivity contribution in [2.75, 3.05) is 7.05 Å². The minimum Gasteiger partial charge on any atom is -0.289 e. The number of nitro groups is 2. The lowest BCUT2D eigenvalue weighted by Crippen LogP contribution is -2.24. The lowest BCUT2D eigenvalue weighted by molar-refractivity contribution is -0.385. The monoisotopic (exact) mass is 482 g/mol. The molecule has 1 saturated heterocycles. The van der Waals surface area contributed by atoms with E-state index in [4.69, 9.17) is 11.6 Å². The third-order valence-electron chi connectivity index (χ3n) is 4.02. The van der Waals surface area contributed by atoms with Gasteiger partial charge in [-0.25, -0.2) is 0 Å². The van der Waals surface area contributed by atoms with Gasteiger partial charge in [0.1, 0.15) is 0 Å². The highest BCUT2D eigenvalue weighted by atomic mass is 35.5. The van der Waals surface area contributed by atoms with Crippen LogP contribution in [0.3, 0.4) is 0 Å². The molecule has 31 heavy (non-hydrogen) atoms. The second-order valence-electron chi connectivity index (χ2n) is 6.04. The highest BCUT2D eigenvalue weighted by Gasteiger charge is 2.32. The number of carbonyl (C=O) groups excluding carboxylic acids is 1. The Morgan fingerprint density at radius 2 is 1.65 bits per heavy atom. The molecular formula is C17H11ClN4O7S2. The first-order chi connectivity index (χ1) is 14.5. The van der Waals surface area contributed by atoms with Crippen molar-refractivity contribution in [3.05, 3.63) is 78.2 Å². The first-order valence-electron chi connectivity index (χ1n) is 8.20. The van der Waals surface area contributed by atoms with Crippen LogP contribution in [-0.2, 0) is 14.8 Å². The van der Waals surface area contributed by atoms with Gasteiger partial charge in [0.15, 0.2) is 5.17 Å². The second-order valence-corrected chi connectivity index (χ2v) is 9.06. The number of amides is 1. The number of nitro benzene ring substituents is 2. The van der Waals surface area contributed by atoms with Crippen LogP contribution >= 0.6 is 23.4 Å². The first kappa shape index (κ1) is 22.4. The zero-order chi connectivity index (χ0) is 22.9. The molecule has 2 aromatic rings. The number of benzene rings is 2.